The van der Waals surface area contributed by atoms with Crippen LogP contribution < -0.4 is 20.1 Å². The maximum absolute atomic E-state index is 12.1. The summed E-state index contributed by atoms with van der Waals surface area (Å²) in [6.45, 7) is 5.17. The average Bonchev–Trinajstić information content (AvgIpc) is 2.66. The SMILES string of the molecule is C=CCOc1cccc(NC(=O)CNc2cccc(OCCOC)c2)c1. The number of ether oxygens (including phenoxy) is 3. The summed E-state index contributed by atoms with van der Waals surface area (Å²) in [5.41, 5.74) is 1.48. The van der Waals surface area contributed by atoms with E-state index in [1.807, 2.05) is 42.5 Å². The van der Waals surface area contributed by atoms with E-state index in [4.69, 9.17) is 14.2 Å². The van der Waals surface area contributed by atoms with Crippen molar-refractivity contribution in [3.05, 3.63) is 61.2 Å². The highest BCUT2D eigenvalue weighted by molar-refractivity contribution is 5.93. The monoisotopic (exact) mass is 356 g/mol. The largest absolute Gasteiger partial charge is 0.491 e. The molecule has 0 aliphatic heterocycles. The van der Waals surface area contributed by atoms with E-state index in [0.29, 0.717) is 31.3 Å². The van der Waals surface area contributed by atoms with Crippen LogP contribution in [0.3, 0.4) is 0 Å². The molecule has 26 heavy (non-hydrogen) atoms. The lowest BCUT2D eigenvalue weighted by Crippen LogP contribution is -2.21. The van der Waals surface area contributed by atoms with E-state index in [0.717, 1.165) is 11.4 Å². The number of methoxy groups -OCH3 is 1. The normalized spacial score (nSPS) is 10.0. The number of carbonyl (C=O) groups excluding carboxylic acids is 1. The van der Waals surface area contributed by atoms with Crippen LogP contribution in [0.2, 0.25) is 0 Å². The van der Waals surface area contributed by atoms with Crippen LogP contribution in [0.1, 0.15) is 0 Å². The van der Waals surface area contributed by atoms with Gasteiger partial charge in [-0.25, -0.2) is 0 Å². The smallest absolute Gasteiger partial charge is 0.243 e. The maximum atomic E-state index is 12.1. The Morgan fingerprint density at radius 3 is 2.46 bits per heavy atom. The molecule has 0 radical (unpaired) electrons. The predicted molar refractivity (Wildman–Crippen MR) is 103 cm³/mol. The summed E-state index contributed by atoms with van der Waals surface area (Å²) in [5, 5.41) is 5.91. The fraction of sp³-hybridized carbons (Fsp3) is 0.250. The summed E-state index contributed by atoms with van der Waals surface area (Å²) in [7, 11) is 1.63. The van der Waals surface area contributed by atoms with Crippen LogP contribution in [0.15, 0.2) is 61.2 Å². The zero-order valence-corrected chi connectivity index (χ0v) is 14.9. The zero-order chi connectivity index (χ0) is 18.6. The molecule has 0 atom stereocenters. The third-order valence-corrected chi connectivity index (χ3v) is 3.33. The number of rotatable bonds is 11. The molecule has 2 N–H and O–H groups in total. The average molecular weight is 356 g/mol. The van der Waals surface area contributed by atoms with Gasteiger partial charge in [-0.1, -0.05) is 24.8 Å². The number of nitrogens with one attached hydrogen (secondary N) is 2. The molecule has 0 unspecified atom stereocenters. The third-order valence-electron chi connectivity index (χ3n) is 3.33. The first-order valence-corrected chi connectivity index (χ1v) is 8.30. The first kappa shape index (κ1) is 19.3. The number of hydrogen-bond donors (Lipinski definition) is 2. The number of carbonyl (C=O) groups is 1. The number of benzene rings is 2. The number of hydrogen-bond acceptors (Lipinski definition) is 5. The van der Waals surface area contributed by atoms with Crippen LogP contribution in [0.5, 0.6) is 11.5 Å². The van der Waals surface area contributed by atoms with Gasteiger partial charge in [0.05, 0.1) is 13.2 Å². The molecule has 2 aromatic rings. The first-order valence-electron chi connectivity index (χ1n) is 8.30. The molecule has 0 aromatic heterocycles. The van der Waals surface area contributed by atoms with Crippen molar-refractivity contribution < 1.29 is 19.0 Å². The Balaban J connectivity index is 1.83. The number of anilines is 2. The van der Waals surface area contributed by atoms with Crippen molar-refractivity contribution in [1.29, 1.82) is 0 Å². The summed E-state index contributed by atoms with van der Waals surface area (Å²) in [4.78, 5) is 12.1. The molecule has 0 bridgehead atoms. The molecule has 0 spiro atoms. The lowest BCUT2D eigenvalue weighted by molar-refractivity contribution is -0.114. The van der Waals surface area contributed by atoms with Gasteiger partial charge >= 0.3 is 0 Å². The summed E-state index contributed by atoms with van der Waals surface area (Å²) in [6.07, 6.45) is 1.67. The van der Waals surface area contributed by atoms with Crippen LogP contribution >= 0.6 is 0 Å². The molecular weight excluding hydrogens is 332 g/mol. The Labute approximate surface area is 153 Å². The lowest BCUT2D eigenvalue weighted by Gasteiger charge is -2.11. The van der Waals surface area contributed by atoms with E-state index >= 15 is 0 Å². The Bertz CT molecular complexity index is 718. The lowest BCUT2D eigenvalue weighted by atomic mass is 10.3. The van der Waals surface area contributed by atoms with E-state index in [2.05, 4.69) is 17.2 Å². The van der Waals surface area contributed by atoms with E-state index < -0.39 is 0 Å². The fourth-order valence-electron chi connectivity index (χ4n) is 2.15. The number of amides is 1. The standard InChI is InChI=1S/C20H24N2O4/c1-3-10-25-19-9-5-7-17(14-19)22-20(23)15-21-16-6-4-8-18(13-16)26-12-11-24-2/h3-9,13-14,21H,1,10-12,15H2,2H3,(H,22,23). The Hall–Kier alpha value is -2.99. The minimum atomic E-state index is -0.156. The molecule has 138 valence electrons. The Morgan fingerprint density at radius 2 is 1.73 bits per heavy atom. The van der Waals surface area contributed by atoms with Gasteiger partial charge in [-0.05, 0) is 24.3 Å². The first-order chi connectivity index (χ1) is 12.7. The molecule has 0 saturated heterocycles. The highest BCUT2D eigenvalue weighted by Crippen LogP contribution is 2.18. The van der Waals surface area contributed by atoms with E-state index in [9.17, 15) is 4.79 Å². The van der Waals surface area contributed by atoms with Gasteiger partial charge in [0.15, 0.2) is 0 Å². The van der Waals surface area contributed by atoms with Crippen molar-refractivity contribution in [2.75, 3.05) is 44.1 Å². The van der Waals surface area contributed by atoms with Gasteiger partial charge in [0, 0.05) is 30.6 Å². The zero-order valence-electron chi connectivity index (χ0n) is 14.9. The molecule has 0 aliphatic rings. The Kier molecular flexibility index (Phi) is 8.02. The van der Waals surface area contributed by atoms with Crippen molar-refractivity contribution in [1.82, 2.24) is 0 Å². The second kappa shape index (κ2) is 10.8. The summed E-state index contributed by atoms with van der Waals surface area (Å²) >= 11 is 0. The molecule has 0 fully saturated rings. The molecule has 6 nitrogen and oxygen atoms in total. The second-order valence-corrected chi connectivity index (χ2v) is 5.40. The minimum absolute atomic E-state index is 0.138. The highest BCUT2D eigenvalue weighted by Gasteiger charge is 2.04. The minimum Gasteiger partial charge on any atom is -0.491 e. The van der Waals surface area contributed by atoms with Gasteiger partial charge in [-0.2, -0.15) is 0 Å². The quantitative estimate of drug-likeness (QED) is 0.477. The van der Waals surface area contributed by atoms with Crippen LogP contribution in [-0.4, -0.2) is 39.4 Å². The van der Waals surface area contributed by atoms with Gasteiger partial charge in [-0.15, -0.1) is 0 Å². The van der Waals surface area contributed by atoms with Crippen molar-refractivity contribution in [3.8, 4) is 11.5 Å². The van der Waals surface area contributed by atoms with Crippen LogP contribution in [-0.2, 0) is 9.53 Å². The molecule has 1 amide bonds. The van der Waals surface area contributed by atoms with Crippen molar-refractivity contribution in [3.63, 3.8) is 0 Å². The highest BCUT2D eigenvalue weighted by atomic mass is 16.5. The maximum Gasteiger partial charge on any atom is 0.243 e. The second-order valence-electron chi connectivity index (χ2n) is 5.40. The van der Waals surface area contributed by atoms with Crippen molar-refractivity contribution in [2.45, 2.75) is 0 Å². The summed E-state index contributed by atoms with van der Waals surface area (Å²) < 4.78 is 16.0. The molecule has 2 rings (SSSR count). The van der Waals surface area contributed by atoms with Gasteiger partial charge in [0.1, 0.15) is 24.7 Å². The molecule has 0 aliphatic carbocycles. The van der Waals surface area contributed by atoms with Crippen LogP contribution in [0.25, 0.3) is 0 Å². The van der Waals surface area contributed by atoms with Crippen molar-refractivity contribution >= 4 is 17.3 Å². The molecule has 0 heterocycles. The summed E-state index contributed by atoms with van der Waals surface area (Å²) in [5.74, 6) is 1.24. The molecule has 0 saturated carbocycles. The molecule has 6 heteroatoms. The molecule has 2 aromatic carbocycles. The van der Waals surface area contributed by atoms with E-state index in [1.54, 1.807) is 19.3 Å². The van der Waals surface area contributed by atoms with Crippen LogP contribution in [0.4, 0.5) is 11.4 Å². The van der Waals surface area contributed by atoms with Crippen LogP contribution in [0, 0.1) is 0 Å². The third kappa shape index (κ3) is 6.86. The Morgan fingerprint density at radius 1 is 1.04 bits per heavy atom. The van der Waals surface area contributed by atoms with Gasteiger partial charge in [0.2, 0.25) is 5.91 Å². The summed E-state index contributed by atoms with van der Waals surface area (Å²) in [6, 6.07) is 14.7. The van der Waals surface area contributed by atoms with Gasteiger partial charge in [0.25, 0.3) is 0 Å². The fourth-order valence-corrected chi connectivity index (χ4v) is 2.15. The predicted octanol–water partition coefficient (Wildman–Crippen LogP) is 3.33. The van der Waals surface area contributed by atoms with Gasteiger partial charge < -0.3 is 24.8 Å². The van der Waals surface area contributed by atoms with E-state index in [1.165, 1.54) is 0 Å². The molecular formula is C20H24N2O4. The topological polar surface area (TPSA) is 68.8 Å². The van der Waals surface area contributed by atoms with Crippen molar-refractivity contribution in [2.24, 2.45) is 0 Å². The van der Waals surface area contributed by atoms with E-state index in [-0.39, 0.29) is 12.5 Å². The van der Waals surface area contributed by atoms with Gasteiger partial charge in [-0.3, -0.25) is 4.79 Å².